The van der Waals surface area contributed by atoms with Crippen LogP contribution in [0.3, 0.4) is 0 Å². The maximum absolute atomic E-state index is 13.2. The van der Waals surface area contributed by atoms with Crippen molar-refractivity contribution in [3.05, 3.63) is 74.6 Å². The lowest BCUT2D eigenvalue weighted by atomic mass is 9.89. The minimum Gasteiger partial charge on any atom is -0.467 e. The summed E-state index contributed by atoms with van der Waals surface area (Å²) in [6.45, 7) is 3.59. The summed E-state index contributed by atoms with van der Waals surface area (Å²) >= 11 is 7.28. The molecule has 2 amide bonds. The third-order valence-electron chi connectivity index (χ3n) is 5.57. The first-order chi connectivity index (χ1) is 14.9. The van der Waals surface area contributed by atoms with Gasteiger partial charge in [0.25, 0.3) is 11.8 Å². The van der Waals surface area contributed by atoms with Crippen molar-refractivity contribution in [2.24, 2.45) is 0 Å². The van der Waals surface area contributed by atoms with Gasteiger partial charge in [-0.2, -0.15) is 0 Å². The maximum atomic E-state index is 13.2. The van der Waals surface area contributed by atoms with Crippen LogP contribution in [0, 0.1) is 6.92 Å². The van der Waals surface area contributed by atoms with Crippen LogP contribution < -0.4 is 0 Å². The quantitative estimate of drug-likeness (QED) is 0.541. The van der Waals surface area contributed by atoms with Crippen molar-refractivity contribution in [1.29, 1.82) is 0 Å². The molecule has 0 aromatic carbocycles. The molecule has 8 heteroatoms. The van der Waals surface area contributed by atoms with E-state index in [2.05, 4.69) is 0 Å². The zero-order chi connectivity index (χ0) is 22.0. The molecule has 31 heavy (non-hydrogen) atoms. The van der Waals surface area contributed by atoms with Crippen LogP contribution in [0.25, 0.3) is 0 Å². The van der Waals surface area contributed by atoms with Crippen LogP contribution in [0.1, 0.15) is 55.9 Å². The Morgan fingerprint density at radius 3 is 2.65 bits per heavy atom. The summed E-state index contributed by atoms with van der Waals surface area (Å²) < 4.78 is 5.99. The van der Waals surface area contributed by atoms with Crippen LogP contribution in [0.4, 0.5) is 0 Å². The van der Waals surface area contributed by atoms with E-state index < -0.39 is 0 Å². The highest BCUT2D eigenvalue weighted by molar-refractivity contribution is 7.17. The van der Waals surface area contributed by atoms with Crippen LogP contribution in [0.2, 0.25) is 4.34 Å². The number of nitrogens with zero attached hydrogens (tertiary/aromatic N) is 3. The van der Waals surface area contributed by atoms with Gasteiger partial charge in [-0.3, -0.25) is 14.6 Å². The summed E-state index contributed by atoms with van der Waals surface area (Å²) in [5.74, 6) is 0.803. The summed E-state index contributed by atoms with van der Waals surface area (Å²) in [5.41, 5.74) is 2.32. The fourth-order valence-electron chi connectivity index (χ4n) is 3.92. The highest BCUT2D eigenvalue weighted by Crippen LogP contribution is 2.32. The molecule has 0 unspecified atom stereocenters. The highest BCUT2D eigenvalue weighted by atomic mass is 35.5. The molecule has 0 spiro atoms. The second kappa shape index (κ2) is 9.24. The number of likely N-dealkylation sites (tertiary alicyclic amines) is 1. The Labute approximate surface area is 190 Å². The monoisotopic (exact) mass is 457 g/mol. The summed E-state index contributed by atoms with van der Waals surface area (Å²) in [6.07, 6.45) is 3.14. The lowest BCUT2D eigenvalue weighted by Crippen LogP contribution is -2.38. The Bertz CT molecular complexity index is 1070. The van der Waals surface area contributed by atoms with E-state index in [-0.39, 0.29) is 17.7 Å². The van der Waals surface area contributed by atoms with E-state index >= 15 is 0 Å². The molecule has 1 saturated heterocycles. The number of aromatic nitrogens is 1. The third kappa shape index (κ3) is 4.83. The molecule has 0 saturated carbocycles. The van der Waals surface area contributed by atoms with Gasteiger partial charge in [-0.15, -0.1) is 11.3 Å². The van der Waals surface area contributed by atoms with Gasteiger partial charge in [0.1, 0.15) is 5.76 Å². The molecule has 0 radical (unpaired) electrons. The summed E-state index contributed by atoms with van der Waals surface area (Å²) in [5, 5.41) is 0. The van der Waals surface area contributed by atoms with Gasteiger partial charge < -0.3 is 14.2 Å². The van der Waals surface area contributed by atoms with E-state index in [4.69, 9.17) is 21.0 Å². The molecule has 1 aliphatic heterocycles. The maximum Gasteiger partial charge on any atom is 0.263 e. The number of amides is 2. The summed E-state index contributed by atoms with van der Waals surface area (Å²) in [6, 6.07) is 10.9. The molecule has 0 N–H and O–H groups in total. The van der Waals surface area contributed by atoms with E-state index in [9.17, 15) is 9.59 Å². The third-order valence-corrected chi connectivity index (χ3v) is 6.79. The zero-order valence-electron chi connectivity index (χ0n) is 17.5. The van der Waals surface area contributed by atoms with Crippen molar-refractivity contribution < 1.29 is 14.0 Å². The van der Waals surface area contributed by atoms with Crippen molar-refractivity contribution in [3.8, 4) is 0 Å². The first kappa shape index (κ1) is 21.6. The lowest BCUT2D eigenvalue weighted by Gasteiger charge is -2.32. The predicted molar refractivity (Wildman–Crippen MR) is 121 cm³/mol. The highest BCUT2D eigenvalue weighted by Gasteiger charge is 2.29. The normalized spacial score (nSPS) is 14.6. The molecule has 3 aromatic rings. The molecule has 4 rings (SSSR count). The average molecular weight is 458 g/mol. The molecular weight excluding hydrogens is 434 g/mol. The lowest BCUT2D eigenvalue weighted by molar-refractivity contribution is 0.0710. The molecule has 162 valence electrons. The van der Waals surface area contributed by atoms with Crippen LogP contribution in [0.15, 0.2) is 47.1 Å². The number of aryl methyl sites for hydroxylation is 1. The molecule has 0 atom stereocenters. The predicted octanol–water partition coefficient (Wildman–Crippen LogP) is 4.99. The zero-order valence-corrected chi connectivity index (χ0v) is 19.1. The second-order valence-electron chi connectivity index (χ2n) is 7.80. The Morgan fingerprint density at radius 2 is 2.00 bits per heavy atom. The number of hydrogen-bond donors (Lipinski definition) is 0. The van der Waals surface area contributed by atoms with Crippen molar-refractivity contribution in [1.82, 2.24) is 14.8 Å². The standard InChI is InChI=1S/C23H24ClN3O3S/c1-15-5-6-18(22(28)26(2)14-17-4-3-13-30-17)21(25-15)16-9-11-27(12-10-16)23(29)19-7-8-20(24)31-19/h3-8,13,16H,9-12,14H2,1-2H3. The van der Waals surface area contributed by atoms with Crippen LogP contribution in [-0.2, 0) is 6.54 Å². The Morgan fingerprint density at radius 1 is 1.23 bits per heavy atom. The van der Waals surface area contributed by atoms with Gasteiger partial charge in [-0.05, 0) is 56.2 Å². The van der Waals surface area contributed by atoms with E-state index in [1.807, 2.05) is 36.1 Å². The van der Waals surface area contributed by atoms with Gasteiger partial charge >= 0.3 is 0 Å². The number of rotatable bonds is 5. The van der Waals surface area contributed by atoms with Crippen LogP contribution >= 0.6 is 22.9 Å². The van der Waals surface area contributed by atoms with Gasteiger partial charge in [0, 0.05) is 31.7 Å². The molecule has 3 aromatic heterocycles. The van der Waals surface area contributed by atoms with E-state index in [1.165, 1.54) is 11.3 Å². The fourth-order valence-corrected chi connectivity index (χ4v) is 4.93. The topological polar surface area (TPSA) is 66.7 Å². The van der Waals surface area contributed by atoms with E-state index in [1.54, 1.807) is 30.3 Å². The van der Waals surface area contributed by atoms with Crippen molar-refractivity contribution >= 4 is 34.8 Å². The number of carbonyl (C=O) groups is 2. The molecule has 1 aliphatic rings. The van der Waals surface area contributed by atoms with Gasteiger partial charge in [-0.25, -0.2) is 0 Å². The number of thiophene rings is 1. The van der Waals surface area contributed by atoms with Crippen molar-refractivity contribution in [2.75, 3.05) is 20.1 Å². The van der Waals surface area contributed by atoms with Crippen molar-refractivity contribution in [2.45, 2.75) is 32.2 Å². The van der Waals surface area contributed by atoms with E-state index in [0.717, 1.165) is 30.0 Å². The first-order valence-corrected chi connectivity index (χ1v) is 11.4. The van der Waals surface area contributed by atoms with Gasteiger partial charge in [0.15, 0.2) is 0 Å². The fraction of sp³-hybridized carbons (Fsp3) is 0.348. The average Bonchev–Trinajstić information content (AvgIpc) is 3.44. The second-order valence-corrected chi connectivity index (χ2v) is 9.51. The summed E-state index contributed by atoms with van der Waals surface area (Å²) in [4.78, 5) is 34.8. The minimum absolute atomic E-state index is 0.0158. The molecular formula is C23H24ClN3O3S. The Kier molecular flexibility index (Phi) is 6.43. The number of pyridine rings is 1. The van der Waals surface area contributed by atoms with Gasteiger partial charge in [-0.1, -0.05) is 11.6 Å². The van der Waals surface area contributed by atoms with Gasteiger partial charge in [0.2, 0.25) is 0 Å². The number of furan rings is 1. The Hall–Kier alpha value is -2.64. The molecule has 1 fully saturated rings. The molecule has 6 nitrogen and oxygen atoms in total. The number of carbonyl (C=O) groups excluding carboxylic acids is 2. The Balaban J connectivity index is 1.48. The van der Waals surface area contributed by atoms with Crippen LogP contribution in [-0.4, -0.2) is 46.7 Å². The number of halogens is 1. The SMILES string of the molecule is Cc1ccc(C(=O)N(C)Cc2ccco2)c(C2CCN(C(=O)c3ccc(Cl)s3)CC2)n1. The number of hydrogen-bond acceptors (Lipinski definition) is 5. The largest absolute Gasteiger partial charge is 0.467 e. The molecule has 0 aliphatic carbocycles. The first-order valence-electron chi connectivity index (χ1n) is 10.2. The van der Waals surface area contributed by atoms with Crippen molar-refractivity contribution in [3.63, 3.8) is 0 Å². The minimum atomic E-state index is -0.0781. The smallest absolute Gasteiger partial charge is 0.263 e. The molecule has 0 bridgehead atoms. The van der Waals surface area contributed by atoms with Crippen LogP contribution in [0.5, 0.6) is 0 Å². The summed E-state index contributed by atoms with van der Waals surface area (Å²) in [7, 11) is 1.77. The van der Waals surface area contributed by atoms with E-state index in [0.29, 0.717) is 34.4 Å². The van der Waals surface area contributed by atoms with Gasteiger partial charge in [0.05, 0.1) is 33.3 Å². The number of piperidine rings is 1. The molecule has 4 heterocycles.